The van der Waals surface area contributed by atoms with Crippen LogP contribution >= 0.6 is 0 Å². The number of rotatable bonds is 5. The molecule has 0 spiro atoms. The zero-order valence-electron chi connectivity index (χ0n) is 27.2. The van der Waals surface area contributed by atoms with E-state index in [4.69, 9.17) is 4.98 Å². The van der Waals surface area contributed by atoms with Gasteiger partial charge in [0.1, 0.15) is 5.65 Å². The lowest BCUT2D eigenvalue weighted by atomic mass is 9.98. The van der Waals surface area contributed by atoms with Crippen molar-refractivity contribution in [2.24, 2.45) is 0 Å². The van der Waals surface area contributed by atoms with E-state index in [1.54, 1.807) is 0 Å². The summed E-state index contributed by atoms with van der Waals surface area (Å²) in [5.74, 6) is 0. The molecule has 2 heterocycles. The average Bonchev–Trinajstić information content (AvgIpc) is 3.59. The smallest absolute Gasteiger partial charge is 0.146 e. The summed E-state index contributed by atoms with van der Waals surface area (Å²) < 4.78 is 2.35. The highest BCUT2D eigenvalue weighted by molar-refractivity contribution is 6.24. The summed E-state index contributed by atoms with van der Waals surface area (Å²) in [6.07, 6.45) is 0. The molecule has 0 saturated carbocycles. The summed E-state index contributed by atoms with van der Waals surface area (Å²) in [6.45, 7) is 0. The summed E-state index contributed by atoms with van der Waals surface area (Å²) in [4.78, 5) is 7.58. The molecular weight excluding hydrogens is 607 g/mol. The van der Waals surface area contributed by atoms with Gasteiger partial charge >= 0.3 is 0 Å². The number of nitrogens with zero attached hydrogens (tertiary/aromatic N) is 3. The summed E-state index contributed by atoms with van der Waals surface area (Å²) >= 11 is 0. The molecule has 3 nitrogen and oxygen atoms in total. The van der Waals surface area contributed by atoms with Crippen molar-refractivity contribution in [3.63, 3.8) is 0 Å². The highest BCUT2D eigenvalue weighted by Crippen LogP contribution is 2.42. The Morgan fingerprint density at radius 2 is 0.920 bits per heavy atom. The molecule has 50 heavy (non-hydrogen) atoms. The van der Waals surface area contributed by atoms with E-state index in [9.17, 15) is 0 Å². The number of pyridine rings is 1. The quantitative estimate of drug-likeness (QED) is 0.175. The maximum absolute atomic E-state index is 5.22. The zero-order valence-corrected chi connectivity index (χ0v) is 27.2. The van der Waals surface area contributed by atoms with Gasteiger partial charge in [-0.1, -0.05) is 133 Å². The maximum Gasteiger partial charge on any atom is 0.146 e. The molecule has 2 aromatic heterocycles. The van der Waals surface area contributed by atoms with Gasteiger partial charge < -0.3 is 4.90 Å². The van der Waals surface area contributed by atoms with E-state index >= 15 is 0 Å². The number of para-hydroxylation sites is 2. The third-order valence-electron chi connectivity index (χ3n) is 9.95. The van der Waals surface area contributed by atoms with Gasteiger partial charge in [-0.15, -0.1) is 0 Å². The summed E-state index contributed by atoms with van der Waals surface area (Å²) in [5, 5.41) is 6.06. The van der Waals surface area contributed by atoms with Gasteiger partial charge in [0, 0.05) is 33.2 Å². The number of hydrogen-bond acceptors (Lipinski definition) is 2. The van der Waals surface area contributed by atoms with E-state index in [2.05, 4.69) is 197 Å². The Labute approximate surface area is 289 Å². The molecule has 0 unspecified atom stereocenters. The minimum Gasteiger partial charge on any atom is -0.310 e. The Balaban J connectivity index is 1.23. The molecule has 0 saturated heterocycles. The third-order valence-corrected chi connectivity index (χ3v) is 9.95. The lowest BCUT2D eigenvalue weighted by Crippen LogP contribution is -2.10. The van der Waals surface area contributed by atoms with E-state index in [1.807, 2.05) is 0 Å². The number of imidazole rings is 1. The van der Waals surface area contributed by atoms with Gasteiger partial charge in [-0.2, -0.15) is 0 Å². The van der Waals surface area contributed by atoms with Gasteiger partial charge in [-0.3, -0.25) is 4.40 Å². The second-order valence-corrected chi connectivity index (χ2v) is 12.8. The van der Waals surface area contributed by atoms with E-state index in [1.165, 1.54) is 43.8 Å². The van der Waals surface area contributed by atoms with Crippen LogP contribution in [0.3, 0.4) is 0 Å². The number of hydrogen-bond donors (Lipinski definition) is 0. The fourth-order valence-corrected chi connectivity index (χ4v) is 7.57. The monoisotopic (exact) mass is 637 g/mol. The summed E-state index contributed by atoms with van der Waals surface area (Å²) in [7, 11) is 0. The molecule has 0 bridgehead atoms. The molecular formula is C47H31N3. The summed E-state index contributed by atoms with van der Waals surface area (Å²) in [6, 6.07) is 67.4. The van der Waals surface area contributed by atoms with E-state index < -0.39 is 0 Å². The molecule has 10 aromatic rings. The maximum atomic E-state index is 5.22. The zero-order chi connectivity index (χ0) is 33.0. The van der Waals surface area contributed by atoms with Crippen molar-refractivity contribution in [2.75, 3.05) is 4.90 Å². The minimum atomic E-state index is 0.975. The molecule has 3 heteroatoms. The van der Waals surface area contributed by atoms with Crippen LogP contribution in [0.2, 0.25) is 0 Å². The van der Waals surface area contributed by atoms with Crippen LogP contribution in [0.25, 0.3) is 71.4 Å². The molecule has 0 aliphatic rings. The normalized spacial score (nSPS) is 11.6. The van der Waals surface area contributed by atoms with Crippen LogP contribution in [-0.2, 0) is 0 Å². The van der Waals surface area contributed by atoms with E-state index in [0.29, 0.717) is 0 Å². The number of fused-ring (bicyclic) bond motifs is 10. The SMILES string of the molecule is c1ccc(-c2ccc(N(c3ccc(-c4ccccc4)cc3)c3ccc4c5c6ccccc6ccc5c5nc6ccccc6n5c4c3)cc2)cc1. The van der Waals surface area contributed by atoms with Crippen molar-refractivity contribution in [3.05, 3.63) is 188 Å². The lowest BCUT2D eigenvalue weighted by Gasteiger charge is -2.26. The average molecular weight is 638 g/mol. The van der Waals surface area contributed by atoms with Crippen LogP contribution in [0.15, 0.2) is 188 Å². The first kappa shape index (κ1) is 28.3. The van der Waals surface area contributed by atoms with Crippen molar-refractivity contribution in [1.82, 2.24) is 9.38 Å². The Kier molecular flexibility index (Phi) is 6.49. The standard InChI is InChI=1S/C47H31N3/c1-3-11-32(12-4-1)34-19-24-37(25-20-34)49(38-26-21-35(22-27-38)33-13-5-2-6-14-33)39-28-30-41-45(31-39)50-44-18-10-9-17-43(44)48-47(50)42-29-23-36-15-7-8-16-40(36)46(41)42/h1-31H. The molecule has 0 fully saturated rings. The number of aromatic nitrogens is 2. The van der Waals surface area contributed by atoms with E-state index in [0.717, 1.165) is 44.6 Å². The predicted molar refractivity (Wildman–Crippen MR) is 211 cm³/mol. The van der Waals surface area contributed by atoms with E-state index in [-0.39, 0.29) is 0 Å². The van der Waals surface area contributed by atoms with Crippen molar-refractivity contribution >= 4 is 66.2 Å². The van der Waals surface area contributed by atoms with Crippen LogP contribution in [-0.4, -0.2) is 9.38 Å². The molecule has 234 valence electrons. The molecule has 0 amide bonds. The Bertz CT molecular complexity index is 2750. The van der Waals surface area contributed by atoms with Gasteiger partial charge in [-0.05, 0) is 87.6 Å². The molecule has 0 N–H and O–H groups in total. The molecule has 10 rings (SSSR count). The predicted octanol–water partition coefficient (Wildman–Crippen LogP) is 12.8. The second-order valence-electron chi connectivity index (χ2n) is 12.8. The van der Waals surface area contributed by atoms with Crippen LogP contribution < -0.4 is 4.90 Å². The Morgan fingerprint density at radius 1 is 0.380 bits per heavy atom. The molecule has 0 atom stereocenters. The Morgan fingerprint density at radius 3 is 1.60 bits per heavy atom. The lowest BCUT2D eigenvalue weighted by molar-refractivity contribution is 1.27. The highest BCUT2D eigenvalue weighted by atomic mass is 15.1. The minimum absolute atomic E-state index is 0.975. The number of benzene rings is 8. The van der Waals surface area contributed by atoms with Crippen molar-refractivity contribution in [2.45, 2.75) is 0 Å². The fraction of sp³-hybridized carbons (Fsp3) is 0. The van der Waals surface area contributed by atoms with Crippen LogP contribution in [0.5, 0.6) is 0 Å². The van der Waals surface area contributed by atoms with Gasteiger partial charge in [0.25, 0.3) is 0 Å². The molecule has 0 radical (unpaired) electrons. The van der Waals surface area contributed by atoms with Crippen LogP contribution in [0.4, 0.5) is 17.1 Å². The first-order valence-corrected chi connectivity index (χ1v) is 17.1. The van der Waals surface area contributed by atoms with Crippen LogP contribution in [0.1, 0.15) is 0 Å². The number of anilines is 3. The summed E-state index contributed by atoms with van der Waals surface area (Å²) in [5.41, 5.74) is 12.3. The van der Waals surface area contributed by atoms with Crippen LogP contribution in [0, 0.1) is 0 Å². The first-order valence-electron chi connectivity index (χ1n) is 17.1. The molecule has 0 aliphatic carbocycles. The van der Waals surface area contributed by atoms with Gasteiger partial charge in [0.05, 0.1) is 16.6 Å². The first-order chi connectivity index (χ1) is 24.8. The highest BCUT2D eigenvalue weighted by Gasteiger charge is 2.19. The van der Waals surface area contributed by atoms with Gasteiger partial charge in [0.15, 0.2) is 0 Å². The van der Waals surface area contributed by atoms with Crippen molar-refractivity contribution < 1.29 is 0 Å². The largest absolute Gasteiger partial charge is 0.310 e. The third kappa shape index (κ3) is 4.56. The van der Waals surface area contributed by atoms with Gasteiger partial charge in [0.2, 0.25) is 0 Å². The topological polar surface area (TPSA) is 20.5 Å². The van der Waals surface area contributed by atoms with Crippen molar-refractivity contribution in [1.29, 1.82) is 0 Å². The van der Waals surface area contributed by atoms with Gasteiger partial charge in [-0.25, -0.2) is 4.98 Å². The molecule has 0 aliphatic heterocycles. The molecule has 8 aromatic carbocycles. The second kappa shape index (κ2) is 11.5. The fourth-order valence-electron chi connectivity index (χ4n) is 7.57. The Hall–Kier alpha value is -6.71. The van der Waals surface area contributed by atoms with Crippen molar-refractivity contribution in [3.8, 4) is 22.3 Å².